The summed E-state index contributed by atoms with van der Waals surface area (Å²) in [5.41, 5.74) is 3.77. The maximum Gasteiger partial charge on any atom is 0.255 e. The van der Waals surface area contributed by atoms with Crippen LogP contribution in [-0.4, -0.2) is 60.1 Å². The van der Waals surface area contributed by atoms with E-state index >= 15 is 0 Å². The summed E-state index contributed by atoms with van der Waals surface area (Å²) in [6.07, 6.45) is 1.95. The molecule has 2 fully saturated rings. The lowest BCUT2D eigenvalue weighted by Crippen LogP contribution is -2.41. The summed E-state index contributed by atoms with van der Waals surface area (Å²) >= 11 is 0. The quantitative estimate of drug-likeness (QED) is 0.794. The van der Waals surface area contributed by atoms with E-state index in [4.69, 9.17) is 9.72 Å². The van der Waals surface area contributed by atoms with Gasteiger partial charge >= 0.3 is 0 Å². The topological polar surface area (TPSA) is 45.7 Å². The Bertz CT molecular complexity index is 842. The zero-order chi connectivity index (χ0) is 20.2. The maximum atomic E-state index is 13.1. The van der Waals surface area contributed by atoms with Crippen LogP contribution in [0.5, 0.6) is 0 Å². The molecule has 2 saturated heterocycles. The van der Waals surface area contributed by atoms with E-state index in [0.717, 1.165) is 55.0 Å². The summed E-state index contributed by atoms with van der Waals surface area (Å²) in [4.78, 5) is 22.2. The van der Waals surface area contributed by atoms with Crippen molar-refractivity contribution >= 4 is 5.91 Å². The summed E-state index contributed by atoms with van der Waals surface area (Å²) in [6.45, 7) is 7.18. The fourth-order valence-electron chi connectivity index (χ4n) is 4.22. The number of pyridine rings is 1. The van der Waals surface area contributed by atoms with E-state index in [2.05, 4.69) is 4.90 Å². The van der Waals surface area contributed by atoms with Gasteiger partial charge in [0.2, 0.25) is 0 Å². The van der Waals surface area contributed by atoms with Gasteiger partial charge in [0, 0.05) is 31.2 Å². The molecule has 0 N–H and O–H groups in total. The lowest BCUT2D eigenvalue weighted by Gasteiger charge is -2.33. The predicted molar refractivity (Wildman–Crippen MR) is 109 cm³/mol. The number of piperidine rings is 1. The van der Waals surface area contributed by atoms with Gasteiger partial charge in [0.05, 0.1) is 24.5 Å². The lowest BCUT2D eigenvalue weighted by molar-refractivity contribution is 0.0301. The van der Waals surface area contributed by atoms with Crippen LogP contribution in [0.1, 0.15) is 46.1 Å². The first kappa shape index (κ1) is 20.0. The summed E-state index contributed by atoms with van der Waals surface area (Å²) < 4.78 is 18.5. The molecule has 154 valence electrons. The fourth-order valence-corrected chi connectivity index (χ4v) is 4.22. The second kappa shape index (κ2) is 9.01. The molecule has 0 radical (unpaired) electrons. The van der Waals surface area contributed by atoms with Gasteiger partial charge in [-0.1, -0.05) is 12.1 Å². The number of amides is 1. The van der Waals surface area contributed by atoms with Crippen LogP contribution in [0.2, 0.25) is 0 Å². The van der Waals surface area contributed by atoms with Crippen molar-refractivity contribution in [2.75, 3.05) is 39.4 Å². The minimum Gasteiger partial charge on any atom is -0.378 e. The first-order valence-corrected chi connectivity index (χ1v) is 10.4. The number of morpholine rings is 1. The molecule has 0 atom stereocenters. The molecule has 0 saturated carbocycles. The summed E-state index contributed by atoms with van der Waals surface area (Å²) in [7, 11) is 0. The Morgan fingerprint density at radius 3 is 2.45 bits per heavy atom. The number of ether oxygens (including phenoxy) is 1. The Hall–Kier alpha value is -2.31. The Kier molecular flexibility index (Phi) is 6.21. The van der Waals surface area contributed by atoms with Gasteiger partial charge in [-0.05, 0) is 62.7 Å². The second-order valence-corrected chi connectivity index (χ2v) is 7.97. The predicted octanol–water partition coefficient (Wildman–Crippen LogP) is 3.38. The molecule has 29 heavy (non-hydrogen) atoms. The van der Waals surface area contributed by atoms with Crippen molar-refractivity contribution in [3.63, 3.8) is 0 Å². The van der Waals surface area contributed by atoms with Crippen LogP contribution >= 0.6 is 0 Å². The molecule has 4 rings (SSSR count). The molecular weight excluding hydrogens is 369 g/mol. The normalized spacial score (nSPS) is 18.8. The number of hydrogen-bond donors (Lipinski definition) is 0. The number of hydrogen-bond acceptors (Lipinski definition) is 4. The van der Waals surface area contributed by atoms with Gasteiger partial charge in [0.1, 0.15) is 5.82 Å². The highest BCUT2D eigenvalue weighted by Crippen LogP contribution is 2.30. The number of aromatic nitrogens is 1. The number of rotatable bonds is 4. The smallest absolute Gasteiger partial charge is 0.255 e. The Balaban J connectivity index is 1.44. The molecule has 5 nitrogen and oxygen atoms in total. The third kappa shape index (κ3) is 4.82. The van der Waals surface area contributed by atoms with E-state index in [-0.39, 0.29) is 11.7 Å². The molecule has 3 heterocycles. The molecule has 1 aromatic heterocycles. The van der Waals surface area contributed by atoms with Crippen molar-refractivity contribution in [3.8, 4) is 0 Å². The Morgan fingerprint density at radius 1 is 1.07 bits per heavy atom. The number of nitrogens with zero attached hydrogens (tertiary/aromatic N) is 3. The molecule has 2 aliphatic heterocycles. The first-order valence-electron chi connectivity index (χ1n) is 10.4. The summed E-state index contributed by atoms with van der Waals surface area (Å²) in [5.74, 6) is 0.166. The average Bonchev–Trinajstić information content (AvgIpc) is 2.76. The Morgan fingerprint density at radius 2 is 1.76 bits per heavy atom. The molecular formula is C23H28FN3O2. The van der Waals surface area contributed by atoms with Crippen molar-refractivity contribution in [1.29, 1.82) is 0 Å². The molecule has 0 bridgehead atoms. The van der Waals surface area contributed by atoms with Crippen molar-refractivity contribution < 1.29 is 13.9 Å². The van der Waals surface area contributed by atoms with Gasteiger partial charge in [-0.25, -0.2) is 4.39 Å². The molecule has 1 amide bonds. The number of halogens is 1. The first-order chi connectivity index (χ1) is 14.1. The van der Waals surface area contributed by atoms with Crippen LogP contribution in [0, 0.1) is 12.7 Å². The highest BCUT2D eigenvalue weighted by Gasteiger charge is 2.28. The minimum absolute atomic E-state index is 0.0736. The summed E-state index contributed by atoms with van der Waals surface area (Å²) in [5, 5.41) is 0. The van der Waals surface area contributed by atoms with Crippen molar-refractivity contribution in [1.82, 2.24) is 14.8 Å². The number of benzene rings is 1. The van der Waals surface area contributed by atoms with Gasteiger partial charge < -0.3 is 9.64 Å². The van der Waals surface area contributed by atoms with Gasteiger partial charge in [-0.2, -0.15) is 0 Å². The van der Waals surface area contributed by atoms with E-state index in [1.54, 1.807) is 0 Å². The SMILES string of the molecule is Cc1ccc(C(=O)N2CCOCC2)c(C2CCN(Cc3ccc(F)cc3)CC2)n1. The van der Waals surface area contributed by atoms with Crippen molar-refractivity contribution in [2.24, 2.45) is 0 Å². The van der Waals surface area contributed by atoms with Gasteiger partial charge in [0.25, 0.3) is 5.91 Å². The van der Waals surface area contributed by atoms with Crippen LogP contribution < -0.4 is 0 Å². The van der Waals surface area contributed by atoms with Crippen LogP contribution in [-0.2, 0) is 11.3 Å². The largest absolute Gasteiger partial charge is 0.378 e. The van der Waals surface area contributed by atoms with E-state index in [0.29, 0.717) is 32.2 Å². The van der Waals surface area contributed by atoms with Gasteiger partial charge in [0.15, 0.2) is 0 Å². The van der Waals surface area contributed by atoms with Gasteiger partial charge in [-0.3, -0.25) is 14.7 Å². The van der Waals surface area contributed by atoms with Crippen LogP contribution in [0.25, 0.3) is 0 Å². The van der Waals surface area contributed by atoms with E-state index in [1.165, 1.54) is 12.1 Å². The van der Waals surface area contributed by atoms with E-state index in [9.17, 15) is 9.18 Å². The fraction of sp³-hybridized carbons (Fsp3) is 0.478. The highest BCUT2D eigenvalue weighted by atomic mass is 19.1. The highest BCUT2D eigenvalue weighted by molar-refractivity contribution is 5.95. The number of likely N-dealkylation sites (tertiary alicyclic amines) is 1. The number of aryl methyl sites for hydroxylation is 1. The van der Waals surface area contributed by atoms with Crippen LogP contribution in [0.4, 0.5) is 4.39 Å². The molecule has 2 aromatic rings. The van der Waals surface area contributed by atoms with E-state index in [1.807, 2.05) is 36.1 Å². The minimum atomic E-state index is -0.199. The van der Waals surface area contributed by atoms with Crippen LogP contribution in [0.3, 0.4) is 0 Å². The standard InChI is InChI=1S/C23H28FN3O2/c1-17-2-7-21(23(28)27-12-14-29-15-13-27)22(25-17)19-8-10-26(11-9-19)16-18-3-5-20(24)6-4-18/h2-7,19H,8-16H2,1H3. The van der Waals surface area contributed by atoms with Crippen molar-refractivity contribution in [2.45, 2.75) is 32.2 Å². The molecule has 0 unspecified atom stereocenters. The molecule has 6 heteroatoms. The van der Waals surface area contributed by atoms with Crippen molar-refractivity contribution in [3.05, 3.63) is 64.7 Å². The monoisotopic (exact) mass is 397 g/mol. The zero-order valence-corrected chi connectivity index (χ0v) is 16.9. The maximum absolute atomic E-state index is 13.1. The summed E-state index contributed by atoms with van der Waals surface area (Å²) in [6, 6.07) is 10.6. The molecule has 1 aromatic carbocycles. The average molecular weight is 397 g/mol. The number of carbonyl (C=O) groups is 1. The molecule has 2 aliphatic rings. The Labute approximate surface area is 171 Å². The lowest BCUT2D eigenvalue weighted by atomic mass is 9.89. The molecule has 0 aliphatic carbocycles. The zero-order valence-electron chi connectivity index (χ0n) is 16.9. The van der Waals surface area contributed by atoms with Crippen LogP contribution in [0.15, 0.2) is 36.4 Å². The number of carbonyl (C=O) groups excluding carboxylic acids is 1. The molecule has 0 spiro atoms. The second-order valence-electron chi connectivity index (χ2n) is 7.97. The third-order valence-electron chi connectivity index (χ3n) is 5.89. The van der Waals surface area contributed by atoms with E-state index < -0.39 is 0 Å². The van der Waals surface area contributed by atoms with Gasteiger partial charge in [-0.15, -0.1) is 0 Å². The third-order valence-corrected chi connectivity index (χ3v) is 5.89.